The largest absolute Gasteiger partial charge is 0.360 e. The number of likely N-dealkylation sites (tertiary alicyclic amines) is 1. The summed E-state index contributed by atoms with van der Waals surface area (Å²) >= 11 is 0. The van der Waals surface area contributed by atoms with E-state index in [1.165, 1.54) is 6.92 Å². The second kappa shape index (κ2) is 6.49. The number of aromatic amines is 1. The van der Waals surface area contributed by atoms with Gasteiger partial charge in [0, 0.05) is 33.3 Å². The molecule has 1 aromatic rings. The molecule has 0 saturated carbocycles. The lowest BCUT2D eigenvalue weighted by Crippen LogP contribution is -2.44. The monoisotopic (exact) mass is 373 g/mol. The minimum atomic E-state index is -0.729. The average molecular weight is 373 g/mol. The molecule has 0 aromatic carbocycles. The molecule has 2 N–H and O–H groups in total. The Hall–Kier alpha value is -2.68. The quantitative estimate of drug-likeness (QED) is 0.641. The van der Waals surface area contributed by atoms with Crippen molar-refractivity contribution in [3.63, 3.8) is 0 Å². The number of hydrogen-bond acceptors (Lipinski definition) is 5. The maximum absolute atomic E-state index is 13.1. The Labute approximate surface area is 156 Å². The third-order valence-electron chi connectivity index (χ3n) is 5.56. The number of H-pyrrole nitrogens is 1. The first-order valence-corrected chi connectivity index (χ1v) is 9.05. The molecule has 1 spiro atoms. The van der Waals surface area contributed by atoms with Crippen LogP contribution >= 0.6 is 0 Å². The molecule has 9 nitrogen and oxygen atoms in total. The third-order valence-corrected chi connectivity index (χ3v) is 5.56. The molecule has 0 aliphatic carbocycles. The molecule has 2 bridgehead atoms. The van der Waals surface area contributed by atoms with Crippen molar-refractivity contribution < 1.29 is 19.1 Å². The maximum Gasteiger partial charge on any atom is 0.230 e. The van der Waals surface area contributed by atoms with Gasteiger partial charge in [-0.25, -0.2) is 0 Å². The van der Waals surface area contributed by atoms with Crippen LogP contribution in [-0.2, 0) is 25.7 Å². The number of ether oxygens (including phenoxy) is 1. The van der Waals surface area contributed by atoms with Crippen LogP contribution in [0.4, 0.5) is 0 Å². The molecule has 2 fully saturated rings. The minimum absolute atomic E-state index is 0.0829. The predicted molar refractivity (Wildman–Crippen MR) is 94.0 cm³/mol. The highest BCUT2D eigenvalue weighted by atomic mass is 16.5. The van der Waals surface area contributed by atoms with E-state index in [1.54, 1.807) is 23.0 Å². The molecule has 0 radical (unpaired) electrons. The van der Waals surface area contributed by atoms with Gasteiger partial charge in [0.05, 0.1) is 36.7 Å². The first-order chi connectivity index (χ1) is 12.9. The number of carbonyl (C=O) groups is 3. The van der Waals surface area contributed by atoms with Gasteiger partial charge in [-0.1, -0.05) is 12.2 Å². The van der Waals surface area contributed by atoms with Gasteiger partial charge in [0.15, 0.2) is 0 Å². The van der Waals surface area contributed by atoms with Crippen molar-refractivity contribution in [3.8, 4) is 0 Å². The molecule has 144 valence electrons. The molecular formula is C18H23N5O4. The standard InChI is InChI=1S/C18H23N5O4/c1-11(24)19-7-8-23-10-18-5-3-13(27-18)14(15(18)17(23)26)16(25)22(2)9-12-4-6-20-21-12/h3-6,13-15H,7-10H2,1-2H3,(H,19,24)(H,20,21)/t13-,14+,15+,18-/m0/s1. The number of nitrogens with one attached hydrogen (secondary N) is 2. The van der Waals surface area contributed by atoms with E-state index in [1.807, 2.05) is 18.2 Å². The summed E-state index contributed by atoms with van der Waals surface area (Å²) in [5, 5.41) is 9.44. The Balaban J connectivity index is 1.48. The van der Waals surface area contributed by atoms with Gasteiger partial charge >= 0.3 is 0 Å². The number of hydrogen-bond donors (Lipinski definition) is 2. The molecule has 1 aromatic heterocycles. The van der Waals surface area contributed by atoms with Crippen LogP contribution in [0.2, 0.25) is 0 Å². The molecular weight excluding hydrogens is 350 g/mol. The minimum Gasteiger partial charge on any atom is -0.360 e. The lowest BCUT2D eigenvalue weighted by atomic mass is 9.76. The van der Waals surface area contributed by atoms with Crippen molar-refractivity contribution in [2.75, 3.05) is 26.7 Å². The van der Waals surface area contributed by atoms with Gasteiger partial charge in [0.2, 0.25) is 17.7 Å². The highest BCUT2D eigenvalue weighted by Crippen LogP contribution is 2.52. The van der Waals surface area contributed by atoms with E-state index >= 15 is 0 Å². The number of amides is 3. The van der Waals surface area contributed by atoms with Crippen LogP contribution in [0, 0.1) is 11.8 Å². The van der Waals surface area contributed by atoms with Crippen LogP contribution in [0.3, 0.4) is 0 Å². The van der Waals surface area contributed by atoms with E-state index in [-0.39, 0.29) is 23.8 Å². The van der Waals surface area contributed by atoms with Crippen molar-refractivity contribution in [1.82, 2.24) is 25.3 Å². The topological polar surface area (TPSA) is 108 Å². The first-order valence-electron chi connectivity index (χ1n) is 9.05. The SMILES string of the molecule is CC(=O)NCCN1C[C@]23C=C[C@H](O2)[C@@H](C(=O)N(C)Cc2ccn[nH]2)[C@@H]3C1=O. The van der Waals surface area contributed by atoms with Crippen molar-refractivity contribution in [2.45, 2.75) is 25.2 Å². The summed E-state index contributed by atoms with van der Waals surface area (Å²) in [5.74, 6) is -1.36. The normalized spacial score (nSPS) is 30.7. The maximum atomic E-state index is 13.1. The summed E-state index contributed by atoms with van der Waals surface area (Å²) in [5.41, 5.74) is 0.0995. The average Bonchev–Trinajstić information content (AvgIpc) is 3.37. The molecule has 4 atom stereocenters. The fraction of sp³-hybridized carbons (Fsp3) is 0.556. The Bertz CT molecular complexity index is 792. The molecule has 4 rings (SSSR count). The van der Waals surface area contributed by atoms with Crippen LogP contribution in [0.1, 0.15) is 12.6 Å². The van der Waals surface area contributed by atoms with Crippen molar-refractivity contribution in [1.29, 1.82) is 0 Å². The Morgan fingerprint density at radius 2 is 2.33 bits per heavy atom. The molecule has 3 amide bonds. The fourth-order valence-corrected chi connectivity index (χ4v) is 4.38. The summed E-state index contributed by atoms with van der Waals surface area (Å²) in [4.78, 5) is 40.5. The van der Waals surface area contributed by atoms with Gasteiger partial charge in [0.25, 0.3) is 0 Å². The highest BCUT2D eigenvalue weighted by Gasteiger charge is 2.66. The smallest absolute Gasteiger partial charge is 0.230 e. The van der Waals surface area contributed by atoms with Crippen molar-refractivity contribution >= 4 is 17.7 Å². The van der Waals surface area contributed by atoms with E-state index in [2.05, 4.69) is 15.5 Å². The van der Waals surface area contributed by atoms with Crippen molar-refractivity contribution in [2.24, 2.45) is 11.8 Å². The van der Waals surface area contributed by atoms with E-state index in [0.717, 1.165) is 5.69 Å². The summed E-state index contributed by atoms with van der Waals surface area (Å²) in [6, 6.07) is 1.81. The van der Waals surface area contributed by atoms with Gasteiger partial charge in [0.1, 0.15) is 5.60 Å². The summed E-state index contributed by atoms with van der Waals surface area (Å²) < 4.78 is 6.10. The number of fused-ring (bicyclic) bond motifs is 1. The number of nitrogens with zero attached hydrogens (tertiary/aromatic N) is 3. The van der Waals surface area contributed by atoms with Gasteiger partial charge in [-0.3, -0.25) is 19.5 Å². The van der Waals surface area contributed by atoms with Crippen LogP contribution < -0.4 is 5.32 Å². The molecule has 2 saturated heterocycles. The van der Waals surface area contributed by atoms with Crippen LogP contribution in [0.5, 0.6) is 0 Å². The van der Waals surface area contributed by atoms with E-state index in [4.69, 9.17) is 4.74 Å². The van der Waals surface area contributed by atoms with E-state index in [0.29, 0.717) is 26.2 Å². The zero-order valence-corrected chi connectivity index (χ0v) is 15.3. The van der Waals surface area contributed by atoms with E-state index < -0.39 is 17.4 Å². The molecule has 4 heterocycles. The van der Waals surface area contributed by atoms with Crippen LogP contribution in [-0.4, -0.2) is 76.1 Å². The second-order valence-corrected chi connectivity index (χ2v) is 7.42. The second-order valence-electron chi connectivity index (χ2n) is 7.42. The molecule has 27 heavy (non-hydrogen) atoms. The fourth-order valence-electron chi connectivity index (χ4n) is 4.38. The number of rotatable bonds is 6. The molecule has 0 unspecified atom stereocenters. The third kappa shape index (κ3) is 2.91. The summed E-state index contributed by atoms with van der Waals surface area (Å²) in [6.07, 6.45) is 5.10. The predicted octanol–water partition coefficient (Wildman–Crippen LogP) is -0.714. The van der Waals surface area contributed by atoms with E-state index in [9.17, 15) is 14.4 Å². The lowest BCUT2D eigenvalue weighted by molar-refractivity contribution is -0.142. The molecule has 3 aliphatic rings. The van der Waals surface area contributed by atoms with Crippen LogP contribution in [0.25, 0.3) is 0 Å². The Morgan fingerprint density at radius 1 is 1.52 bits per heavy atom. The highest BCUT2D eigenvalue weighted by molar-refractivity contribution is 5.93. The number of aromatic nitrogens is 2. The zero-order valence-electron chi connectivity index (χ0n) is 15.3. The van der Waals surface area contributed by atoms with Gasteiger partial charge in [-0.2, -0.15) is 5.10 Å². The Morgan fingerprint density at radius 3 is 3.04 bits per heavy atom. The van der Waals surface area contributed by atoms with Crippen LogP contribution in [0.15, 0.2) is 24.4 Å². The first kappa shape index (κ1) is 17.7. The zero-order chi connectivity index (χ0) is 19.2. The van der Waals surface area contributed by atoms with Crippen molar-refractivity contribution in [3.05, 3.63) is 30.1 Å². The van der Waals surface area contributed by atoms with Gasteiger partial charge < -0.3 is 19.9 Å². The molecule has 9 heteroatoms. The Kier molecular flexibility index (Phi) is 4.26. The van der Waals surface area contributed by atoms with Gasteiger partial charge in [-0.15, -0.1) is 0 Å². The number of carbonyl (C=O) groups excluding carboxylic acids is 3. The lowest BCUT2D eigenvalue weighted by Gasteiger charge is -2.27. The van der Waals surface area contributed by atoms with Gasteiger partial charge in [-0.05, 0) is 6.07 Å². The summed E-state index contributed by atoms with van der Waals surface area (Å²) in [7, 11) is 1.72. The molecule has 3 aliphatic heterocycles. The summed E-state index contributed by atoms with van der Waals surface area (Å²) in [6.45, 7) is 3.04.